The summed E-state index contributed by atoms with van der Waals surface area (Å²) >= 11 is 6.25. The minimum atomic E-state index is -5.23. The summed E-state index contributed by atoms with van der Waals surface area (Å²) < 4.78 is 46.6. The summed E-state index contributed by atoms with van der Waals surface area (Å²) in [4.78, 5) is 32.7. The van der Waals surface area contributed by atoms with E-state index in [-0.39, 0.29) is 29.3 Å². The summed E-state index contributed by atoms with van der Waals surface area (Å²) in [6, 6.07) is 8.19. The van der Waals surface area contributed by atoms with Gasteiger partial charge in [0.05, 0.1) is 12.7 Å². The van der Waals surface area contributed by atoms with E-state index >= 15 is 0 Å². The van der Waals surface area contributed by atoms with E-state index in [0.29, 0.717) is 36.8 Å². The molecule has 214 valence electrons. The highest BCUT2D eigenvalue weighted by atomic mass is 35.5. The molecule has 8 nitrogen and oxygen atoms in total. The molecule has 2 aromatic rings. The fourth-order valence-corrected chi connectivity index (χ4v) is 4.95. The van der Waals surface area contributed by atoms with E-state index in [2.05, 4.69) is 15.2 Å². The van der Waals surface area contributed by atoms with Crippen molar-refractivity contribution in [1.82, 2.24) is 15.2 Å². The third-order valence-corrected chi connectivity index (χ3v) is 7.27. The summed E-state index contributed by atoms with van der Waals surface area (Å²) in [7, 11) is 4.57. The van der Waals surface area contributed by atoms with Crippen LogP contribution in [0.3, 0.4) is 0 Å². The van der Waals surface area contributed by atoms with Gasteiger partial charge in [0.1, 0.15) is 16.7 Å². The Kier molecular flexibility index (Phi) is 9.71. The molecule has 1 aromatic heterocycles. The van der Waals surface area contributed by atoms with Gasteiger partial charge >= 0.3 is 6.18 Å². The molecular weight excluding hydrogens is 537 g/mol. The summed E-state index contributed by atoms with van der Waals surface area (Å²) in [6.45, 7) is 3.25. The topological polar surface area (TPSA) is 95.0 Å². The smallest absolute Gasteiger partial charge is 0.430 e. The standard InChI is InChI=1S/C27H34ClF3N4O4/c1-17(16-32-25(37)26(38,27(29,30)31)19-6-5-7-20(15-19)39-4)14-18-10-12-35(13-11-18)22-9-8-21(23(28)33-22)24(36)34(2)3/h5-9,15,17-18,38H,10-14,16H2,1-4H3,(H,32,37). The van der Waals surface area contributed by atoms with Gasteiger partial charge in [-0.05, 0) is 55.4 Å². The lowest BCUT2D eigenvalue weighted by Gasteiger charge is -2.34. The maximum Gasteiger partial charge on any atom is 0.430 e. The van der Waals surface area contributed by atoms with Crippen LogP contribution in [0.15, 0.2) is 36.4 Å². The van der Waals surface area contributed by atoms with E-state index in [0.717, 1.165) is 25.0 Å². The van der Waals surface area contributed by atoms with Crippen molar-refractivity contribution >= 4 is 29.2 Å². The monoisotopic (exact) mass is 570 g/mol. The van der Waals surface area contributed by atoms with Crippen molar-refractivity contribution in [3.05, 3.63) is 52.7 Å². The number of carbonyl (C=O) groups is 2. The maximum atomic E-state index is 13.9. The van der Waals surface area contributed by atoms with Crippen LogP contribution in [0, 0.1) is 11.8 Å². The van der Waals surface area contributed by atoms with E-state index in [1.807, 2.05) is 6.92 Å². The average Bonchev–Trinajstić information content (AvgIpc) is 2.90. The number of halogens is 4. The predicted molar refractivity (Wildman–Crippen MR) is 142 cm³/mol. The van der Waals surface area contributed by atoms with Gasteiger partial charge in [-0.1, -0.05) is 30.7 Å². The molecule has 0 saturated carbocycles. The maximum absolute atomic E-state index is 13.9. The molecule has 0 aliphatic carbocycles. The molecular formula is C27H34ClF3N4O4. The van der Waals surface area contributed by atoms with Crippen LogP contribution in [0.2, 0.25) is 5.15 Å². The lowest BCUT2D eigenvalue weighted by atomic mass is 9.87. The van der Waals surface area contributed by atoms with Crippen molar-refractivity contribution in [2.75, 3.05) is 45.7 Å². The number of alkyl halides is 3. The molecule has 2 amide bonds. The van der Waals surface area contributed by atoms with Crippen LogP contribution < -0.4 is 15.0 Å². The number of hydrogen-bond donors (Lipinski definition) is 2. The van der Waals surface area contributed by atoms with Gasteiger partial charge in [-0.15, -0.1) is 0 Å². The second-order valence-electron chi connectivity index (χ2n) is 10.1. The van der Waals surface area contributed by atoms with Crippen molar-refractivity contribution in [2.45, 2.75) is 38.0 Å². The number of piperidine rings is 1. The van der Waals surface area contributed by atoms with E-state index in [9.17, 15) is 27.9 Å². The first-order valence-electron chi connectivity index (χ1n) is 12.6. The summed E-state index contributed by atoms with van der Waals surface area (Å²) in [5.41, 5.74) is -3.98. The number of ether oxygens (including phenoxy) is 1. The molecule has 1 saturated heterocycles. The van der Waals surface area contributed by atoms with E-state index < -0.39 is 23.2 Å². The van der Waals surface area contributed by atoms with Crippen molar-refractivity contribution in [3.63, 3.8) is 0 Å². The predicted octanol–water partition coefficient (Wildman–Crippen LogP) is 4.25. The summed E-state index contributed by atoms with van der Waals surface area (Å²) in [6.07, 6.45) is -2.88. The lowest BCUT2D eigenvalue weighted by molar-refractivity contribution is -0.257. The van der Waals surface area contributed by atoms with Crippen LogP contribution >= 0.6 is 11.6 Å². The fourth-order valence-electron chi connectivity index (χ4n) is 4.72. The van der Waals surface area contributed by atoms with Gasteiger partial charge in [-0.2, -0.15) is 13.2 Å². The quantitative estimate of drug-likeness (QED) is 0.438. The van der Waals surface area contributed by atoms with E-state index in [1.165, 1.54) is 24.1 Å². The number of anilines is 1. The number of benzene rings is 1. The first kappa shape index (κ1) is 30.5. The molecule has 2 heterocycles. The van der Waals surface area contributed by atoms with Crippen LogP contribution in [0.4, 0.5) is 19.0 Å². The van der Waals surface area contributed by atoms with Crippen molar-refractivity contribution in [2.24, 2.45) is 11.8 Å². The Morgan fingerprint density at radius 1 is 1.23 bits per heavy atom. The third-order valence-electron chi connectivity index (χ3n) is 6.98. The molecule has 2 N–H and O–H groups in total. The average molecular weight is 571 g/mol. The number of aromatic nitrogens is 1. The number of aliphatic hydroxyl groups is 1. The molecule has 1 fully saturated rings. The summed E-state index contributed by atoms with van der Waals surface area (Å²) in [5, 5.41) is 13.0. The Balaban J connectivity index is 1.55. The molecule has 2 atom stereocenters. The van der Waals surface area contributed by atoms with Crippen molar-refractivity contribution in [3.8, 4) is 5.75 Å². The first-order valence-corrected chi connectivity index (χ1v) is 13.0. The molecule has 0 bridgehead atoms. The van der Waals surface area contributed by atoms with Gasteiger partial charge in [0.15, 0.2) is 0 Å². The minimum absolute atomic E-state index is 0.0140. The highest BCUT2D eigenvalue weighted by molar-refractivity contribution is 6.32. The Morgan fingerprint density at radius 2 is 1.90 bits per heavy atom. The van der Waals surface area contributed by atoms with Crippen LogP contribution in [0.1, 0.15) is 42.1 Å². The van der Waals surface area contributed by atoms with Crippen molar-refractivity contribution in [1.29, 1.82) is 0 Å². The number of hydrogen-bond acceptors (Lipinski definition) is 6. The SMILES string of the molecule is COc1cccc(C(O)(C(=O)NCC(C)CC2CCN(c3ccc(C(=O)N(C)C)c(Cl)n3)CC2)C(F)(F)F)c1. The second kappa shape index (κ2) is 12.4. The molecule has 1 aliphatic rings. The van der Waals surface area contributed by atoms with Crippen LogP contribution in [0.5, 0.6) is 5.75 Å². The Morgan fingerprint density at radius 3 is 2.46 bits per heavy atom. The number of pyridine rings is 1. The number of amides is 2. The molecule has 12 heteroatoms. The molecule has 39 heavy (non-hydrogen) atoms. The van der Waals surface area contributed by atoms with Gasteiger partial charge in [0.2, 0.25) is 0 Å². The van der Waals surface area contributed by atoms with Gasteiger partial charge < -0.3 is 25.0 Å². The zero-order valence-corrected chi connectivity index (χ0v) is 23.1. The normalized spacial score (nSPS) is 16.8. The molecule has 0 radical (unpaired) electrons. The van der Waals surface area contributed by atoms with Crippen molar-refractivity contribution < 1.29 is 32.6 Å². The number of rotatable bonds is 9. The Labute approximate surface area is 231 Å². The Hall–Kier alpha value is -3.05. The third kappa shape index (κ3) is 6.94. The van der Waals surface area contributed by atoms with Crippen LogP contribution in [0.25, 0.3) is 0 Å². The first-order chi connectivity index (χ1) is 18.3. The summed E-state index contributed by atoms with van der Waals surface area (Å²) in [5.74, 6) is -0.786. The highest BCUT2D eigenvalue weighted by Gasteiger charge is 2.60. The molecule has 2 unspecified atom stereocenters. The van der Waals surface area contributed by atoms with Gasteiger partial charge in [-0.25, -0.2) is 4.98 Å². The number of carbonyl (C=O) groups excluding carboxylic acids is 2. The zero-order valence-electron chi connectivity index (χ0n) is 22.4. The largest absolute Gasteiger partial charge is 0.497 e. The van der Waals surface area contributed by atoms with E-state index in [4.69, 9.17) is 16.3 Å². The minimum Gasteiger partial charge on any atom is -0.497 e. The van der Waals surface area contributed by atoms with Gasteiger partial charge in [-0.3, -0.25) is 9.59 Å². The number of nitrogens with one attached hydrogen (secondary N) is 1. The lowest BCUT2D eigenvalue weighted by Crippen LogP contribution is -2.55. The number of nitrogens with zero attached hydrogens (tertiary/aromatic N) is 3. The highest BCUT2D eigenvalue weighted by Crippen LogP contribution is 2.40. The van der Waals surface area contributed by atoms with Crippen LogP contribution in [-0.2, 0) is 10.4 Å². The molecule has 0 spiro atoms. The molecule has 1 aliphatic heterocycles. The second-order valence-corrected chi connectivity index (χ2v) is 10.5. The Bertz CT molecular complexity index is 1170. The van der Waals surface area contributed by atoms with Gasteiger partial charge in [0, 0.05) is 39.3 Å². The molecule has 3 rings (SSSR count). The molecule has 1 aromatic carbocycles. The fraction of sp³-hybridized carbons (Fsp3) is 0.519. The number of methoxy groups -OCH3 is 1. The van der Waals surface area contributed by atoms with Crippen LogP contribution in [-0.4, -0.2) is 73.8 Å². The van der Waals surface area contributed by atoms with Gasteiger partial charge in [0.25, 0.3) is 17.4 Å². The zero-order chi connectivity index (χ0) is 29.0. The van der Waals surface area contributed by atoms with E-state index in [1.54, 1.807) is 26.2 Å².